The topological polar surface area (TPSA) is 60.8 Å². The van der Waals surface area contributed by atoms with Gasteiger partial charge in [0.05, 0.1) is 24.3 Å². The van der Waals surface area contributed by atoms with Crippen molar-refractivity contribution in [1.29, 1.82) is 0 Å². The van der Waals surface area contributed by atoms with Gasteiger partial charge in [0.25, 0.3) is 0 Å². The lowest BCUT2D eigenvalue weighted by atomic mass is 9.82. The second kappa shape index (κ2) is 11.6. The van der Waals surface area contributed by atoms with Crippen molar-refractivity contribution in [2.45, 2.75) is 60.1 Å². The van der Waals surface area contributed by atoms with Crippen LogP contribution in [0.3, 0.4) is 0 Å². The van der Waals surface area contributed by atoms with Crippen LogP contribution in [0, 0.1) is 20.8 Å². The molecule has 0 bridgehead atoms. The summed E-state index contributed by atoms with van der Waals surface area (Å²) in [6.07, 6.45) is 2.11. The van der Waals surface area contributed by atoms with E-state index < -0.39 is 11.6 Å². The zero-order valence-electron chi connectivity index (χ0n) is 23.8. The van der Waals surface area contributed by atoms with Crippen LogP contribution in [0.4, 0.5) is 5.69 Å². The Bertz CT molecular complexity index is 1480. The van der Waals surface area contributed by atoms with Crippen molar-refractivity contribution in [3.8, 4) is 32.7 Å². The maximum absolute atomic E-state index is 11.9. The van der Waals surface area contributed by atoms with Crippen molar-refractivity contribution >= 4 is 34.9 Å². The number of aryl methyl sites for hydroxylation is 1. The van der Waals surface area contributed by atoms with Gasteiger partial charge < -0.3 is 14.5 Å². The molecule has 0 saturated heterocycles. The summed E-state index contributed by atoms with van der Waals surface area (Å²) in [6.45, 7) is 12.4. The number of fused-ring (bicyclic) bond motifs is 3. The molecule has 204 valence electrons. The molecule has 0 unspecified atom stereocenters. The van der Waals surface area contributed by atoms with E-state index in [2.05, 4.69) is 85.9 Å². The molecule has 0 aliphatic carbocycles. The number of aliphatic carboxylic acids is 1. The average molecular weight is 560 g/mol. The number of carboxylic acid groups (broad SMARTS) is 1. The van der Waals surface area contributed by atoms with Crippen molar-refractivity contribution in [2.75, 3.05) is 10.6 Å². The predicted octanol–water partition coefficient (Wildman–Crippen LogP) is 8.68. The Morgan fingerprint density at radius 3 is 2.13 bits per heavy atom. The van der Waals surface area contributed by atoms with Crippen molar-refractivity contribution < 1.29 is 15.0 Å². The minimum Gasteiger partial charge on any atom is -0.481 e. The maximum atomic E-state index is 11.9. The average Bonchev–Trinajstić information content (AvgIpc) is 3.30. The molecule has 0 spiro atoms. The van der Waals surface area contributed by atoms with Crippen molar-refractivity contribution in [3.05, 3.63) is 87.8 Å². The van der Waals surface area contributed by atoms with Gasteiger partial charge in [0, 0.05) is 27.1 Å². The van der Waals surface area contributed by atoms with Gasteiger partial charge in [-0.1, -0.05) is 72.1 Å². The van der Waals surface area contributed by atoms with Gasteiger partial charge in [0.2, 0.25) is 0 Å². The molecular weight excluding hydrogens is 523 g/mol. The number of nitrogens with zero attached hydrogens (tertiary/aromatic N) is 1. The molecule has 0 fully saturated rings. The van der Waals surface area contributed by atoms with E-state index in [4.69, 9.17) is 5.11 Å². The second-order valence-corrected chi connectivity index (χ2v) is 12.9. The Balaban J connectivity index is 0.000000648. The van der Waals surface area contributed by atoms with E-state index in [1.165, 1.54) is 32.0 Å². The monoisotopic (exact) mass is 559 g/mol. The molecule has 5 rings (SSSR count). The molecule has 6 heteroatoms. The van der Waals surface area contributed by atoms with Gasteiger partial charge in [-0.15, -0.1) is 11.3 Å². The van der Waals surface area contributed by atoms with E-state index in [-0.39, 0.29) is 6.42 Å². The smallest absolute Gasteiger partial charge is 0.307 e. The molecule has 39 heavy (non-hydrogen) atoms. The zero-order chi connectivity index (χ0) is 28.5. The number of rotatable bonds is 5. The Morgan fingerprint density at radius 1 is 0.949 bits per heavy atom. The first-order valence-electron chi connectivity index (χ1n) is 13.1. The Labute approximate surface area is 240 Å². The third-order valence-electron chi connectivity index (χ3n) is 6.66. The van der Waals surface area contributed by atoms with Gasteiger partial charge in [-0.25, -0.2) is 0 Å². The number of carbonyl (C=O) groups is 1. The minimum absolute atomic E-state index is 0.0111. The van der Waals surface area contributed by atoms with E-state index in [1.54, 1.807) is 32.7 Å². The van der Waals surface area contributed by atoms with E-state index >= 15 is 0 Å². The number of hydrogen-bond donors (Lipinski definition) is 2. The number of aliphatic hydroxyl groups is 1. The van der Waals surface area contributed by atoms with Crippen molar-refractivity contribution in [3.63, 3.8) is 0 Å². The molecule has 0 atom stereocenters. The highest BCUT2D eigenvalue weighted by molar-refractivity contribution is 7.99. The molecule has 1 aromatic heterocycles. The quantitative estimate of drug-likeness (QED) is 0.240. The molecule has 3 aromatic carbocycles. The Kier molecular flexibility index (Phi) is 8.60. The molecule has 2 heterocycles. The molecule has 0 saturated carbocycles. The summed E-state index contributed by atoms with van der Waals surface area (Å²) in [5.74, 6) is -0.801. The fourth-order valence-corrected chi connectivity index (χ4v) is 6.95. The van der Waals surface area contributed by atoms with Gasteiger partial charge >= 0.3 is 5.97 Å². The van der Waals surface area contributed by atoms with Crippen LogP contribution in [0.25, 0.3) is 32.7 Å². The van der Waals surface area contributed by atoms with Gasteiger partial charge in [0.1, 0.15) is 0 Å². The molecule has 1 aliphatic heterocycles. The molecule has 1 aliphatic rings. The SMILES string of the molecule is CC(C)(C)O.CSN1Cc2sc(-c3ccccc3)cc2-c2c(C)c(-c3ccc(C)cc3)c(CC(=O)O)c(C)c21. The van der Waals surface area contributed by atoms with Crippen LogP contribution in [0.15, 0.2) is 60.7 Å². The van der Waals surface area contributed by atoms with Crippen LogP contribution < -0.4 is 4.31 Å². The standard InChI is InChI=1S/C29H27NO2S2.C4H10O/c1-17-10-12-21(13-11-17)27-19(3)28-23-14-24(20-8-6-5-7-9-20)34-25(23)16-30(33-4)29(28)18(2)22(27)15-26(31)32;1-4(2,3)5/h5-14H,15-16H2,1-4H3,(H,31,32);5H,1-3H3. The summed E-state index contributed by atoms with van der Waals surface area (Å²) in [6, 6.07) is 21.3. The largest absolute Gasteiger partial charge is 0.481 e. The maximum Gasteiger partial charge on any atom is 0.307 e. The van der Waals surface area contributed by atoms with E-state index in [0.717, 1.165) is 40.0 Å². The van der Waals surface area contributed by atoms with Crippen LogP contribution >= 0.6 is 23.3 Å². The summed E-state index contributed by atoms with van der Waals surface area (Å²) >= 11 is 3.56. The summed E-state index contributed by atoms with van der Waals surface area (Å²) in [5.41, 5.74) is 10.8. The highest BCUT2D eigenvalue weighted by atomic mass is 32.2. The first-order valence-corrected chi connectivity index (χ1v) is 15.1. The summed E-state index contributed by atoms with van der Waals surface area (Å²) in [7, 11) is 0. The molecule has 0 amide bonds. The summed E-state index contributed by atoms with van der Waals surface area (Å²) < 4.78 is 2.33. The van der Waals surface area contributed by atoms with Crippen molar-refractivity contribution in [1.82, 2.24) is 0 Å². The van der Waals surface area contributed by atoms with Crippen LogP contribution in [0.5, 0.6) is 0 Å². The number of carboxylic acids is 1. The zero-order valence-corrected chi connectivity index (χ0v) is 25.4. The molecular formula is C33H37NO3S2. The lowest BCUT2D eigenvalue weighted by Crippen LogP contribution is -2.21. The van der Waals surface area contributed by atoms with Crippen LogP contribution in [-0.2, 0) is 17.8 Å². The van der Waals surface area contributed by atoms with Gasteiger partial charge in [-0.05, 0) is 81.0 Å². The van der Waals surface area contributed by atoms with Gasteiger partial charge in [-0.3, -0.25) is 4.79 Å². The lowest BCUT2D eigenvalue weighted by molar-refractivity contribution is -0.136. The van der Waals surface area contributed by atoms with E-state index in [0.29, 0.717) is 0 Å². The van der Waals surface area contributed by atoms with E-state index in [9.17, 15) is 9.90 Å². The Morgan fingerprint density at radius 2 is 1.56 bits per heavy atom. The normalized spacial score (nSPS) is 12.4. The summed E-state index contributed by atoms with van der Waals surface area (Å²) in [4.78, 5) is 14.5. The number of thiophene rings is 1. The van der Waals surface area contributed by atoms with Gasteiger partial charge in [-0.2, -0.15) is 0 Å². The predicted molar refractivity (Wildman–Crippen MR) is 168 cm³/mol. The number of anilines is 1. The third kappa shape index (κ3) is 6.40. The fourth-order valence-electron chi connectivity index (χ4n) is 5.04. The van der Waals surface area contributed by atoms with Crippen LogP contribution in [0.1, 0.15) is 47.9 Å². The van der Waals surface area contributed by atoms with E-state index in [1.807, 2.05) is 17.4 Å². The van der Waals surface area contributed by atoms with Crippen LogP contribution in [-0.4, -0.2) is 28.0 Å². The second-order valence-electron chi connectivity index (χ2n) is 11.0. The highest BCUT2D eigenvalue weighted by Crippen LogP contribution is 2.53. The lowest BCUT2D eigenvalue weighted by Gasteiger charge is -2.34. The van der Waals surface area contributed by atoms with Crippen LogP contribution in [0.2, 0.25) is 0 Å². The first-order chi connectivity index (χ1) is 18.4. The summed E-state index contributed by atoms with van der Waals surface area (Å²) in [5, 5.41) is 18.3. The van der Waals surface area contributed by atoms with Crippen molar-refractivity contribution in [2.24, 2.45) is 0 Å². The minimum atomic E-state index is -0.801. The molecule has 2 N–H and O–H groups in total. The highest BCUT2D eigenvalue weighted by Gasteiger charge is 2.31. The number of benzene rings is 3. The molecule has 0 radical (unpaired) electrons. The third-order valence-corrected chi connectivity index (χ3v) is 8.58. The fraction of sp³-hybridized carbons (Fsp3) is 0.303. The Hall–Kier alpha value is -3.06. The van der Waals surface area contributed by atoms with Gasteiger partial charge in [0.15, 0.2) is 0 Å². The molecule has 4 aromatic rings. The number of hydrogen-bond acceptors (Lipinski definition) is 5. The molecule has 4 nitrogen and oxygen atoms in total. The first kappa shape index (κ1) is 28.9.